The van der Waals surface area contributed by atoms with Crippen molar-refractivity contribution < 1.29 is 17.9 Å². The standard InChI is InChI=1S/C27H32N2O4S/c1-20(2)18-25(22-14-16-23(33-4)17-15-22)28-27(30)19-29(26-13-9-8-10-21(26)3)34(31,32)24-11-6-5-7-12-24/h5-17,20,25H,18-19H2,1-4H3,(H,28,30)/t25-/m1/s1. The summed E-state index contributed by atoms with van der Waals surface area (Å²) in [5, 5.41) is 3.06. The molecule has 1 atom stereocenters. The normalized spacial score (nSPS) is 12.3. The number of aryl methyl sites for hydroxylation is 1. The minimum absolute atomic E-state index is 0.139. The first-order valence-corrected chi connectivity index (χ1v) is 12.7. The summed E-state index contributed by atoms with van der Waals surface area (Å²) >= 11 is 0. The predicted molar refractivity (Wildman–Crippen MR) is 135 cm³/mol. The summed E-state index contributed by atoms with van der Waals surface area (Å²) in [6.07, 6.45) is 0.716. The van der Waals surface area contributed by atoms with Gasteiger partial charge >= 0.3 is 0 Å². The molecular weight excluding hydrogens is 448 g/mol. The zero-order chi connectivity index (χ0) is 24.7. The summed E-state index contributed by atoms with van der Waals surface area (Å²) in [4.78, 5) is 13.4. The van der Waals surface area contributed by atoms with Crippen LogP contribution < -0.4 is 14.4 Å². The molecule has 3 rings (SSSR count). The number of amides is 1. The molecule has 3 aromatic rings. The summed E-state index contributed by atoms with van der Waals surface area (Å²) in [6.45, 7) is 5.68. The molecule has 1 amide bonds. The number of nitrogens with one attached hydrogen (secondary N) is 1. The van der Waals surface area contributed by atoms with Crippen molar-refractivity contribution in [3.63, 3.8) is 0 Å². The molecule has 0 fully saturated rings. The SMILES string of the molecule is COc1ccc([C@@H](CC(C)C)NC(=O)CN(c2ccccc2C)S(=O)(=O)c2ccccc2)cc1. The average Bonchev–Trinajstić information content (AvgIpc) is 2.83. The molecule has 0 unspecified atom stereocenters. The molecule has 1 N–H and O–H groups in total. The maximum absolute atomic E-state index is 13.6. The van der Waals surface area contributed by atoms with Gasteiger partial charge in [0.25, 0.3) is 10.0 Å². The van der Waals surface area contributed by atoms with E-state index in [1.807, 2.05) is 43.3 Å². The predicted octanol–water partition coefficient (Wildman–Crippen LogP) is 5.10. The summed E-state index contributed by atoms with van der Waals surface area (Å²) in [5.74, 6) is 0.690. The fourth-order valence-corrected chi connectivity index (χ4v) is 5.33. The number of hydrogen-bond acceptors (Lipinski definition) is 4. The number of anilines is 1. The molecule has 0 aliphatic heterocycles. The zero-order valence-corrected chi connectivity index (χ0v) is 20.9. The molecule has 6 nitrogen and oxygen atoms in total. The van der Waals surface area contributed by atoms with Crippen molar-refractivity contribution in [2.24, 2.45) is 5.92 Å². The summed E-state index contributed by atoms with van der Waals surface area (Å²) in [7, 11) is -2.34. The molecular formula is C27H32N2O4S. The van der Waals surface area contributed by atoms with Crippen molar-refractivity contribution in [2.45, 2.75) is 38.1 Å². The fraction of sp³-hybridized carbons (Fsp3) is 0.296. The highest BCUT2D eigenvalue weighted by atomic mass is 32.2. The third-order valence-corrected chi connectivity index (χ3v) is 7.34. The molecule has 0 spiro atoms. The van der Waals surface area contributed by atoms with Gasteiger partial charge in [-0.25, -0.2) is 8.42 Å². The van der Waals surface area contributed by atoms with Gasteiger partial charge in [-0.2, -0.15) is 0 Å². The lowest BCUT2D eigenvalue weighted by Gasteiger charge is -2.27. The number of para-hydroxylation sites is 1. The molecule has 0 heterocycles. The first-order valence-electron chi connectivity index (χ1n) is 11.3. The number of hydrogen-bond donors (Lipinski definition) is 1. The zero-order valence-electron chi connectivity index (χ0n) is 20.1. The molecule has 0 radical (unpaired) electrons. The van der Waals surface area contributed by atoms with Gasteiger partial charge in [0.05, 0.1) is 23.7 Å². The minimum atomic E-state index is -3.95. The number of carbonyl (C=O) groups is 1. The molecule has 7 heteroatoms. The second-order valence-corrected chi connectivity index (χ2v) is 10.5. The van der Waals surface area contributed by atoms with Gasteiger partial charge in [0.2, 0.25) is 5.91 Å². The largest absolute Gasteiger partial charge is 0.497 e. The Kier molecular flexibility index (Phi) is 8.34. The lowest BCUT2D eigenvalue weighted by molar-refractivity contribution is -0.120. The molecule has 34 heavy (non-hydrogen) atoms. The van der Waals surface area contributed by atoms with Crippen LogP contribution in [0.1, 0.15) is 37.4 Å². The minimum Gasteiger partial charge on any atom is -0.497 e. The van der Waals surface area contributed by atoms with Gasteiger partial charge in [-0.1, -0.05) is 62.4 Å². The summed E-state index contributed by atoms with van der Waals surface area (Å²) in [6, 6.07) is 22.6. The van der Waals surface area contributed by atoms with Crippen LogP contribution in [-0.4, -0.2) is 28.0 Å². The number of benzene rings is 3. The molecule has 0 aliphatic carbocycles. The number of rotatable bonds is 10. The Hall–Kier alpha value is -3.32. The Morgan fingerprint density at radius 2 is 1.56 bits per heavy atom. The van der Waals surface area contributed by atoms with E-state index in [9.17, 15) is 13.2 Å². The van der Waals surface area contributed by atoms with Crippen LogP contribution in [0.5, 0.6) is 5.75 Å². The Morgan fingerprint density at radius 1 is 0.941 bits per heavy atom. The van der Waals surface area contributed by atoms with Gasteiger partial charge in [0, 0.05) is 0 Å². The van der Waals surface area contributed by atoms with E-state index in [1.54, 1.807) is 37.4 Å². The van der Waals surface area contributed by atoms with Crippen LogP contribution >= 0.6 is 0 Å². The van der Waals surface area contributed by atoms with E-state index in [0.717, 1.165) is 16.9 Å². The van der Waals surface area contributed by atoms with Gasteiger partial charge in [0.15, 0.2) is 0 Å². The maximum atomic E-state index is 13.6. The topological polar surface area (TPSA) is 75.7 Å². The second-order valence-electron chi connectivity index (χ2n) is 8.63. The Labute approximate surface area is 202 Å². The number of sulfonamides is 1. The molecule has 0 saturated heterocycles. The lowest BCUT2D eigenvalue weighted by Crippen LogP contribution is -2.42. The molecule has 0 aliphatic rings. The summed E-state index contributed by atoms with van der Waals surface area (Å²) in [5.41, 5.74) is 2.19. The van der Waals surface area contributed by atoms with Crippen molar-refractivity contribution in [3.8, 4) is 5.75 Å². The highest BCUT2D eigenvalue weighted by Gasteiger charge is 2.29. The van der Waals surface area contributed by atoms with Crippen LogP contribution in [0.3, 0.4) is 0 Å². The first-order chi connectivity index (χ1) is 16.2. The highest BCUT2D eigenvalue weighted by Crippen LogP contribution is 2.27. The van der Waals surface area contributed by atoms with E-state index >= 15 is 0 Å². The fourth-order valence-electron chi connectivity index (χ4n) is 3.82. The van der Waals surface area contributed by atoms with E-state index in [4.69, 9.17) is 4.74 Å². The number of ether oxygens (including phenoxy) is 1. The first kappa shape index (κ1) is 25.3. The van der Waals surface area contributed by atoms with Crippen LogP contribution in [0.4, 0.5) is 5.69 Å². The van der Waals surface area contributed by atoms with Crippen LogP contribution in [0.15, 0.2) is 83.8 Å². The van der Waals surface area contributed by atoms with Crippen molar-refractivity contribution in [3.05, 3.63) is 90.0 Å². The number of carbonyl (C=O) groups excluding carboxylic acids is 1. The smallest absolute Gasteiger partial charge is 0.264 e. The van der Waals surface area contributed by atoms with Crippen molar-refractivity contribution in [1.29, 1.82) is 0 Å². The Bertz CT molecular complexity index is 1190. The maximum Gasteiger partial charge on any atom is 0.264 e. The van der Waals surface area contributed by atoms with Crippen molar-refractivity contribution in [1.82, 2.24) is 5.32 Å². The number of nitrogens with zero attached hydrogens (tertiary/aromatic N) is 1. The van der Waals surface area contributed by atoms with Gasteiger partial charge in [-0.05, 0) is 60.7 Å². The van der Waals surface area contributed by atoms with Crippen LogP contribution in [0.2, 0.25) is 0 Å². The highest BCUT2D eigenvalue weighted by molar-refractivity contribution is 7.92. The lowest BCUT2D eigenvalue weighted by atomic mass is 9.97. The van der Waals surface area contributed by atoms with Gasteiger partial charge in [0.1, 0.15) is 12.3 Å². The molecule has 3 aromatic carbocycles. The Morgan fingerprint density at radius 3 is 2.15 bits per heavy atom. The quantitative estimate of drug-likeness (QED) is 0.438. The van der Waals surface area contributed by atoms with Gasteiger partial charge < -0.3 is 10.1 Å². The van der Waals surface area contributed by atoms with E-state index < -0.39 is 10.0 Å². The van der Waals surface area contributed by atoms with Crippen molar-refractivity contribution >= 4 is 21.6 Å². The van der Waals surface area contributed by atoms with Crippen LogP contribution in [-0.2, 0) is 14.8 Å². The second kappa shape index (κ2) is 11.2. The van der Waals surface area contributed by atoms with Gasteiger partial charge in [-0.3, -0.25) is 9.10 Å². The van der Waals surface area contributed by atoms with Crippen LogP contribution in [0, 0.1) is 12.8 Å². The average molecular weight is 481 g/mol. The molecule has 0 aromatic heterocycles. The van der Waals surface area contributed by atoms with Crippen molar-refractivity contribution in [2.75, 3.05) is 18.0 Å². The van der Waals surface area contributed by atoms with Crippen LogP contribution in [0.25, 0.3) is 0 Å². The van der Waals surface area contributed by atoms with E-state index in [-0.39, 0.29) is 23.4 Å². The third-order valence-electron chi connectivity index (χ3n) is 5.56. The van der Waals surface area contributed by atoms with E-state index in [1.165, 1.54) is 16.4 Å². The third kappa shape index (κ3) is 6.17. The Balaban J connectivity index is 1.91. The van der Waals surface area contributed by atoms with Gasteiger partial charge in [-0.15, -0.1) is 0 Å². The molecule has 0 saturated carbocycles. The summed E-state index contributed by atoms with van der Waals surface area (Å²) < 4.78 is 33.5. The van der Waals surface area contributed by atoms with E-state index in [0.29, 0.717) is 18.0 Å². The monoisotopic (exact) mass is 480 g/mol. The van der Waals surface area contributed by atoms with E-state index in [2.05, 4.69) is 19.2 Å². The molecule has 0 bridgehead atoms. The number of methoxy groups -OCH3 is 1. The molecule has 180 valence electrons.